The number of ether oxygens (including phenoxy) is 1. The van der Waals surface area contributed by atoms with E-state index >= 15 is 0 Å². The lowest BCUT2D eigenvalue weighted by Gasteiger charge is -2.33. The predicted molar refractivity (Wildman–Crippen MR) is 140 cm³/mol. The smallest absolute Gasteiger partial charge is 0.189 e. The molecule has 3 heterocycles. The van der Waals surface area contributed by atoms with Gasteiger partial charge >= 0.3 is 0 Å². The van der Waals surface area contributed by atoms with Gasteiger partial charge in [0.25, 0.3) is 0 Å². The van der Waals surface area contributed by atoms with E-state index in [2.05, 4.69) is 19.9 Å². The van der Waals surface area contributed by atoms with Gasteiger partial charge < -0.3 is 21.1 Å². The highest BCUT2D eigenvalue weighted by atomic mass is 16.5. The zero-order valence-corrected chi connectivity index (χ0v) is 19.9. The summed E-state index contributed by atoms with van der Waals surface area (Å²) in [6.07, 6.45) is 7.00. The maximum Gasteiger partial charge on any atom is 0.189 e. The minimum absolute atomic E-state index is 0.0968. The molecule has 5 rings (SSSR count). The highest BCUT2D eigenvalue weighted by Crippen LogP contribution is 2.33. The Morgan fingerprint density at radius 3 is 2.56 bits per heavy atom. The number of carbonyl (C=O) groups is 1. The van der Waals surface area contributed by atoms with Crippen molar-refractivity contribution in [3.8, 4) is 22.8 Å². The monoisotopic (exact) mass is 480 g/mol. The minimum Gasteiger partial charge on any atom is -0.457 e. The SMILES string of the molecule is Nc1ncc(-c2ccccc2Oc2ccccc2)nc1C(=O)Cc1cnccc1N1CCC(N)CC1. The molecular weight excluding hydrogens is 452 g/mol. The van der Waals surface area contributed by atoms with E-state index in [0.717, 1.165) is 42.7 Å². The van der Waals surface area contributed by atoms with Crippen LogP contribution in [-0.4, -0.2) is 39.9 Å². The van der Waals surface area contributed by atoms with Crippen molar-refractivity contribution in [3.63, 3.8) is 0 Å². The third kappa shape index (κ3) is 5.18. The van der Waals surface area contributed by atoms with Crippen molar-refractivity contribution < 1.29 is 9.53 Å². The van der Waals surface area contributed by atoms with Crippen LogP contribution in [0.5, 0.6) is 11.5 Å². The number of hydrogen-bond donors (Lipinski definition) is 2. The number of nitrogen functional groups attached to an aromatic ring is 1. The summed E-state index contributed by atoms with van der Waals surface area (Å²) in [5, 5.41) is 0. The number of anilines is 2. The maximum absolute atomic E-state index is 13.4. The number of pyridine rings is 1. The molecule has 0 aliphatic carbocycles. The Kier molecular flexibility index (Phi) is 6.86. The number of para-hydroxylation sites is 2. The molecule has 0 saturated carbocycles. The van der Waals surface area contributed by atoms with E-state index in [0.29, 0.717) is 17.2 Å². The van der Waals surface area contributed by atoms with Crippen LogP contribution in [0.4, 0.5) is 11.5 Å². The van der Waals surface area contributed by atoms with Crippen LogP contribution in [-0.2, 0) is 6.42 Å². The molecule has 4 aromatic rings. The number of carbonyl (C=O) groups excluding carboxylic acids is 1. The van der Waals surface area contributed by atoms with Crippen LogP contribution in [0.25, 0.3) is 11.3 Å². The summed E-state index contributed by atoms with van der Waals surface area (Å²) < 4.78 is 6.07. The van der Waals surface area contributed by atoms with Crippen molar-refractivity contribution in [2.45, 2.75) is 25.3 Å². The standard InChI is InChI=1S/C28H28N6O2/c29-20-11-14-34(15-12-20)24-10-13-31-17-19(24)16-25(35)27-28(30)32-18-23(33-27)22-8-4-5-9-26(22)36-21-6-2-1-3-7-21/h1-10,13,17-18,20H,11-12,14-16,29H2,(H2,30,32). The van der Waals surface area contributed by atoms with Crippen molar-refractivity contribution in [1.82, 2.24) is 15.0 Å². The molecule has 8 nitrogen and oxygen atoms in total. The van der Waals surface area contributed by atoms with Crippen molar-refractivity contribution >= 4 is 17.3 Å². The summed E-state index contributed by atoms with van der Waals surface area (Å²) in [4.78, 5) is 28.8. The molecular formula is C28H28N6O2. The van der Waals surface area contributed by atoms with Gasteiger partial charge in [-0.25, -0.2) is 9.97 Å². The quantitative estimate of drug-likeness (QED) is 0.376. The van der Waals surface area contributed by atoms with E-state index in [-0.39, 0.29) is 29.8 Å². The summed E-state index contributed by atoms with van der Waals surface area (Å²) in [6.45, 7) is 1.70. The molecule has 36 heavy (non-hydrogen) atoms. The Hall–Kier alpha value is -4.30. The highest BCUT2D eigenvalue weighted by Gasteiger charge is 2.22. The first-order chi connectivity index (χ1) is 17.6. The van der Waals surface area contributed by atoms with Crippen LogP contribution in [0.15, 0.2) is 79.3 Å². The minimum atomic E-state index is -0.216. The van der Waals surface area contributed by atoms with Crippen molar-refractivity contribution in [2.24, 2.45) is 5.73 Å². The van der Waals surface area contributed by atoms with E-state index in [1.165, 1.54) is 0 Å². The molecule has 2 aromatic heterocycles. The molecule has 1 aliphatic heterocycles. The fourth-order valence-corrected chi connectivity index (χ4v) is 4.38. The Labute approximate surface area is 210 Å². The number of benzene rings is 2. The zero-order chi connectivity index (χ0) is 24.9. The van der Waals surface area contributed by atoms with Gasteiger partial charge in [-0.05, 0) is 43.2 Å². The van der Waals surface area contributed by atoms with Gasteiger partial charge in [-0.1, -0.05) is 30.3 Å². The number of aromatic nitrogens is 3. The molecule has 2 aromatic carbocycles. The molecule has 1 aliphatic rings. The first-order valence-corrected chi connectivity index (χ1v) is 12.0. The van der Waals surface area contributed by atoms with Crippen LogP contribution >= 0.6 is 0 Å². The Bertz CT molecular complexity index is 1350. The molecule has 0 atom stereocenters. The number of ketones is 1. The van der Waals surface area contributed by atoms with Gasteiger partial charge in [-0.2, -0.15) is 0 Å². The fraction of sp³-hybridized carbons (Fsp3) is 0.214. The third-order valence-corrected chi connectivity index (χ3v) is 6.31. The summed E-state index contributed by atoms with van der Waals surface area (Å²) in [6, 6.07) is 19.2. The van der Waals surface area contributed by atoms with Gasteiger partial charge in [0.15, 0.2) is 11.6 Å². The van der Waals surface area contributed by atoms with E-state index < -0.39 is 0 Å². The van der Waals surface area contributed by atoms with Crippen molar-refractivity contribution in [2.75, 3.05) is 23.7 Å². The summed E-state index contributed by atoms with van der Waals surface area (Å²) >= 11 is 0. The van der Waals surface area contributed by atoms with Crippen LogP contribution in [0.1, 0.15) is 28.9 Å². The predicted octanol–water partition coefficient (Wildman–Crippen LogP) is 4.27. The molecule has 182 valence electrons. The highest BCUT2D eigenvalue weighted by molar-refractivity contribution is 6.00. The van der Waals surface area contributed by atoms with E-state index in [1.807, 2.05) is 60.7 Å². The normalized spacial score (nSPS) is 14.0. The molecule has 0 unspecified atom stereocenters. The van der Waals surface area contributed by atoms with Crippen LogP contribution < -0.4 is 21.1 Å². The molecule has 0 amide bonds. The number of nitrogens with two attached hydrogens (primary N) is 2. The van der Waals surface area contributed by atoms with Gasteiger partial charge in [0.2, 0.25) is 0 Å². The molecule has 0 bridgehead atoms. The number of rotatable bonds is 7. The van der Waals surface area contributed by atoms with Crippen LogP contribution in [0, 0.1) is 0 Å². The van der Waals surface area contributed by atoms with Gasteiger partial charge in [0.05, 0.1) is 11.9 Å². The first-order valence-electron chi connectivity index (χ1n) is 12.0. The number of hydrogen-bond acceptors (Lipinski definition) is 8. The Morgan fingerprint density at radius 2 is 1.75 bits per heavy atom. The largest absolute Gasteiger partial charge is 0.457 e. The van der Waals surface area contributed by atoms with Gasteiger partial charge in [0, 0.05) is 54.8 Å². The summed E-state index contributed by atoms with van der Waals surface area (Å²) in [5.74, 6) is 1.19. The molecule has 8 heteroatoms. The summed E-state index contributed by atoms with van der Waals surface area (Å²) in [7, 11) is 0. The van der Waals surface area contributed by atoms with Crippen LogP contribution in [0.3, 0.4) is 0 Å². The topological polar surface area (TPSA) is 120 Å². The fourth-order valence-electron chi connectivity index (χ4n) is 4.38. The second-order valence-electron chi connectivity index (χ2n) is 8.83. The molecule has 0 radical (unpaired) electrons. The van der Waals surface area contributed by atoms with E-state index in [9.17, 15) is 4.79 Å². The number of Topliss-reactive ketones (excluding diaryl/α,β-unsaturated/α-hetero) is 1. The second kappa shape index (κ2) is 10.5. The molecule has 1 fully saturated rings. The second-order valence-corrected chi connectivity index (χ2v) is 8.83. The average molecular weight is 481 g/mol. The van der Waals surface area contributed by atoms with E-state index in [1.54, 1.807) is 18.6 Å². The lowest BCUT2D eigenvalue weighted by molar-refractivity contribution is 0.0989. The third-order valence-electron chi connectivity index (χ3n) is 6.31. The number of nitrogens with zero attached hydrogens (tertiary/aromatic N) is 4. The van der Waals surface area contributed by atoms with Crippen molar-refractivity contribution in [3.05, 3.63) is 90.5 Å². The van der Waals surface area contributed by atoms with E-state index in [4.69, 9.17) is 16.2 Å². The van der Waals surface area contributed by atoms with Gasteiger partial charge in [-0.15, -0.1) is 0 Å². The molecule has 4 N–H and O–H groups in total. The Balaban J connectivity index is 1.42. The molecule has 0 spiro atoms. The average Bonchev–Trinajstić information content (AvgIpc) is 2.91. The lowest BCUT2D eigenvalue weighted by Crippen LogP contribution is -2.40. The summed E-state index contributed by atoms with van der Waals surface area (Å²) in [5.41, 5.74) is 15.4. The maximum atomic E-state index is 13.4. The van der Waals surface area contributed by atoms with Crippen LogP contribution in [0.2, 0.25) is 0 Å². The number of piperidine rings is 1. The van der Waals surface area contributed by atoms with Gasteiger partial charge in [0.1, 0.15) is 17.2 Å². The zero-order valence-electron chi connectivity index (χ0n) is 19.9. The van der Waals surface area contributed by atoms with Gasteiger partial charge in [-0.3, -0.25) is 9.78 Å². The lowest BCUT2D eigenvalue weighted by atomic mass is 10.0. The molecule has 1 saturated heterocycles. The first kappa shape index (κ1) is 23.4. The van der Waals surface area contributed by atoms with Crippen molar-refractivity contribution in [1.29, 1.82) is 0 Å². The Morgan fingerprint density at radius 1 is 1.00 bits per heavy atom.